The average Bonchev–Trinajstić information content (AvgIpc) is 2.80. The first-order valence-electron chi connectivity index (χ1n) is 12.4. The molecule has 1 atom stereocenters. The Balaban J connectivity index is 1.51. The van der Waals surface area contributed by atoms with Crippen molar-refractivity contribution < 1.29 is 4.74 Å². The maximum Gasteiger partial charge on any atom is 0.191 e. The topological polar surface area (TPSA) is 55.4 Å². The van der Waals surface area contributed by atoms with Crippen LogP contribution in [0.1, 0.15) is 31.9 Å². The minimum atomic E-state index is 0.483. The molecule has 0 aliphatic carbocycles. The molecule has 1 aromatic carbocycles. The molecule has 0 spiro atoms. The van der Waals surface area contributed by atoms with Crippen LogP contribution in [0.15, 0.2) is 29.3 Å². The van der Waals surface area contributed by atoms with E-state index >= 15 is 0 Å². The van der Waals surface area contributed by atoms with Crippen LogP contribution in [-0.4, -0.2) is 99.3 Å². The molecule has 0 aromatic heterocycles. The second kappa shape index (κ2) is 13.1. The molecule has 2 aliphatic heterocycles. The van der Waals surface area contributed by atoms with Gasteiger partial charge in [0.1, 0.15) is 0 Å². The first kappa shape index (κ1) is 25.0. The summed E-state index contributed by atoms with van der Waals surface area (Å²) in [6.07, 6.45) is 0. The maximum absolute atomic E-state index is 5.53. The standard InChI is InChI=1S/C25H44N6O/c1-5-26-25(28-19-24(21(2)3)31-14-16-32-17-15-31)27-18-22-6-8-23(9-7-22)20-30-12-10-29(4)11-13-30/h6-9,21,24H,5,10-20H2,1-4H3,(H2,26,27,28). The first-order chi connectivity index (χ1) is 15.5. The largest absolute Gasteiger partial charge is 0.379 e. The molecule has 2 N–H and O–H groups in total. The number of benzene rings is 1. The van der Waals surface area contributed by atoms with E-state index < -0.39 is 0 Å². The lowest BCUT2D eigenvalue weighted by atomic mass is 10.0. The summed E-state index contributed by atoms with van der Waals surface area (Å²) in [7, 11) is 2.20. The van der Waals surface area contributed by atoms with E-state index in [9.17, 15) is 0 Å². The second-order valence-corrected chi connectivity index (χ2v) is 9.43. The smallest absolute Gasteiger partial charge is 0.191 e. The van der Waals surface area contributed by atoms with E-state index in [0.717, 1.165) is 78.1 Å². The van der Waals surface area contributed by atoms with Gasteiger partial charge in [-0.05, 0) is 31.0 Å². The van der Waals surface area contributed by atoms with Crippen LogP contribution in [0.25, 0.3) is 0 Å². The third-order valence-electron chi connectivity index (χ3n) is 6.55. The third kappa shape index (κ3) is 8.03. The Labute approximate surface area is 195 Å². The van der Waals surface area contributed by atoms with Crippen molar-refractivity contribution in [2.24, 2.45) is 10.9 Å². The Kier molecular flexibility index (Phi) is 10.2. The molecule has 2 heterocycles. The summed E-state index contributed by atoms with van der Waals surface area (Å²) in [5, 5.41) is 6.99. The van der Waals surface area contributed by atoms with Gasteiger partial charge in [0, 0.05) is 64.9 Å². The van der Waals surface area contributed by atoms with E-state index in [1.807, 2.05) is 0 Å². The molecule has 1 aromatic rings. The predicted octanol–water partition coefficient (Wildman–Crippen LogP) is 1.85. The summed E-state index contributed by atoms with van der Waals surface area (Å²) >= 11 is 0. The SMILES string of the molecule is CCNC(=NCc1ccc(CN2CCN(C)CC2)cc1)NCC(C(C)C)N1CCOCC1. The van der Waals surface area contributed by atoms with Crippen molar-refractivity contribution in [2.75, 3.05) is 72.6 Å². The lowest BCUT2D eigenvalue weighted by molar-refractivity contribution is 0.00752. The summed E-state index contributed by atoms with van der Waals surface area (Å²) in [5.74, 6) is 1.48. The van der Waals surface area contributed by atoms with Gasteiger partial charge in [-0.3, -0.25) is 9.80 Å². The molecule has 2 fully saturated rings. The van der Waals surface area contributed by atoms with Gasteiger partial charge in [0.2, 0.25) is 0 Å². The molecule has 32 heavy (non-hydrogen) atoms. The number of nitrogens with one attached hydrogen (secondary N) is 2. The molecule has 2 saturated heterocycles. The zero-order chi connectivity index (χ0) is 22.8. The van der Waals surface area contributed by atoms with E-state index in [1.165, 1.54) is 11.1 Å². The number of rotatable bonds is 9. The fourth-order valence-corrected chi connectivity index (χ4v) is 4.42. The molecule has 3 rings (SSSR count). The minimum absolute atomic E-state index is 0.483. The van der Waals surface area contributed by atoms with E-state index in [4.69, 9.17) is 9.73 Å². The monoisotopic (exact) mass is 444 g/mol. The van der Waals surface area contributed by atoms with Gasteiger partial charge in [-0.15, -0.1) is 0 Å². The number of guanidine groups is 1. The van der Waals surface area contributed by atoms with Gasteiger partial charge in [0.05, 0.1) is 19.8 Å². The van der Waals surface area contributed by atoms with Crippen LogP contribution in [0.4, 0.5) is 0 Å². The summed E-state index contributed by atoms with van der Waals surface area (Å²) in [5.41, 5.74) is 2.63. The normalized spacial score (nSPS) is 20.5. The van der Waals surface area contributed by atoms with Gasteiger partial charge in [-0.2, -0.15) is 0 Å². The summed E-state index contributed by atoms with van der Waals surface area (Å²) < 4.78 is 5.53. The molecule has 1 unspecified atom stereocenters. The Morgan fingerprint density at radius 1 is 0.969 bits per heavy atom. The number of morpholine rings is 1. The molecule has 7 heteroatoms. The van der Waals surface area contributed by atoms with Crippen LogP contribution in [0.2, 0.25) is 0 Å². The number of nitrogens with zero attached hydrogens (tertiary/aromatic N) is 4. The molecule has 180 valence electrons. The molecule has 0 radical (unpaired) electrons. The highest BCUT2D eigenvalue weighted by molar-refractivity contribution is 5.79. The van der Waals surface area contributed by atoms with Crippen molar-refractivity contribution in [3.63, 3.8) is 0 Å². The molecule has 7 nitrogen and oxygen atoms in total. The maximum atomic E-state index is 5.53. The van der Waals surface area contributed by atoms with Crippen LogP contribution in [0.5, 0.6) is 0 Å². The van der Waals surface area contributed by atoms with E-state index in [2.05, 4.69) is 77.4 Å². The number of aliphatic imine (C=N–C) groups is 1. The van der Waals surface area contributed by atoms with Gasteiger partial charge < -0.3 is 20.3 Å². The summed E-state index contributed by atoms with van der Waals surface area (Å²) in [4.78, 5) is 12.3. The van der Waals surface area contributed by atoms with Crippen molar-refractivity contribution in [2.45, 2.75) is 39.9 Å². The quantitative estimate of drug-likeness (QED) is 0.448. The number of piperazine rings is 1. The van der Waals surface area contributed by atoms with Gasteiger partial charge >= 0.3 is 0 Å². The zero-order valence-corrected chi connectivity index (χ0v) is 20.6. The van der Waals surface area contributed by atoms with Crippen molar-refractivity contribution >= 4 is 5.96 Å². The Hall–Kier alpha value is -1.67. The van der Waals surface area contributed by atoms with Crippen LogP contribution in [-0.2, 0) is 17.8 Å². The predicted molar refractivity (Wildman–Crippen MR) is 133 cm³/mol. The fraction of sp³-hybridized carbons (Fsp3) is 0.720. The van der Waals surface area contributed by atoms with Gasteiger partial charge in [0.25, 0.3) is 0 Å². The number of hydrogen-bond acceptors (Lipinski definition) is 5. The average molecular weight is 445 g/mol. The van der Waals surface area contributed by atoms with Crippen molar-refractivity contribution in [3.05, 3.63) is 35.4 Å². The molecular formula is C25H44N6O. The van der Waals surface area contributed by atoms with E-state index in [0.29, 0.717) is 18.5 Å². The first-order valence-corrected chi connectivity index (χ1v) is 12.4. The van der Waals surface area contributed by atoms with E-state index in [-0.39, 0.29) is 0 Å². The summed E-state index contributed by atoms with van der Waals surface area (Å²) in [6.45, 7) is 18.5. The van der Waals surface area contributed by atoms with Gasteiger partial charge in [-0.25, -0.2) is 4.99 Å². The molecule has 2 aliphatic rings. The fourth-order valence-electron chi connectivity index (χ4n) is 4.42. The lowest BCUT2D eigenvalue weighted by Crippen LogP contribution is -2.52. The zero-order valence-electron chi connectivity index (χ0n) is 20.6. The highest BCUT2D eigenvalue weighted by atomic mass is 16.5. The third-order valence-corrected chi connectivity index (χ3v) is 6.55. The Morgan fingerprint density at radius 2 is 1.62 bits per heavy atom. The minimum Gasteiger partial charge on any atom is -0.379 e. The number of hydrogen-bond donors (Lipinski definition) is 2. The van der Waals surface area contributed by atoms with Gasteiger partial charge in [0.15, 0.2) is 5.96 Å². The molecule has 0 amide bonds. The Bertz CT molecular complexity index is 678. The van der Waals surface area contributed by atoms with Gasteiger partial charge in [-0.1, -0.05) is 38.1 Å². The molecule has 0 saturated carbocycles. The van der Waals surface area contributed by atoms with Crippen molar-refractivity contribution in [3.8, 4) is 0 Å². The number of likely N-dealkylation sites (N-methyl/N-ethyl adjacent to an activating group) is 1. The summed E-state index contributed by atoms with van der Waals surface area (Å²) in [6, 6.07) is 9.45. The van der Waals surface area contributed by atoms with Crippen LogP contribution in [0.3, 0.4) is 0 Å². The van der Waals surface area contributed by atoms with Crippen LogP contribution in [0, 0.1) is 5.92 Å². The molecule has 0 bridgehead atoms. The van der Waals surface area contributed by atoms with Crippen LogP contribution >= 0.6 is 0 Å². The highest BCUT2D eigenvalue weighted by Gasteiger charge is 2.23. The van der Waals surface area contributed by atoms with Crippen molar-refractivity contribution in [1.82, 2.24) is 25.3 Å². The van der Waals surface area contributed by atoms with Crippen molar-refractivity contribution in [1.29, 1.82) is 0 Å². The van der Waals surface area contributed by atoms with Crippen LogP contribution < -0.4 is 10.6 Å². The lowest BCUT2D eigenvalue weighted by Gasteiger charge is -2.37. The Morgan fingerprint density at radius 3 is 2.25 bits per heavy atom. The number of ether oxygens (including phenoxy) is 1. The highest BCUT2D eigenvalue weighted by Crippen LogP contribution is 2.13. The second-order valence-electron chi connectivity index (χ2n) is 9.43. The molecular weight excluding hydrogens is 400 g/mol. The van der Waals surface area contributed by atoms with E-state index in [1.54, 1.807) is 0 Å².